The Hall–Kier alpha value is -1.12. The van der Waals surface area contributed by atoms with Crippen LogP contribution in [-0.4, -0.2) is 24.1 Å². The number of nitrogens with zero attached hydrogens (tertiary/aromatic N) is 1. The van der Waals surface area contributed by atoms with Crippen LogP contribution >= 0.6 is 11.6 Å². The third-order valence-corrected chi connectivity index (χ3v) is 3.06. The van der Waals surface area contributed by atoms with E-state index in [0.717, 1.165) is 17.6 Å². The Kier molecular flexibility index (Phi) is 3.97. The van der Waals surface area contributed by atoms with Crippen LogP contribution in [0.5, 0.6) is 0 Å². The fourth-order valence-corrected chi connectivity index (χ4v) is 2.19. The number of methoxy groups -OCH3 is 1. The topological polar surface area (TPSA) is 22.1 Å². The number of pyridine rings is 1. The standard InChI is InChI=1S/C14H16ClNO/c1-10-7-11-5-3-4-6-13(11)16-14(10)8-12(15)9-17-2/h3-7,12H,8-9H2,1-2H3. The molecular formula is C14H16ClNO. The van der Waals surface area contributed by atoms with Crippen molar-refractivity contribution in [3.63, 3.8) is 0 Å². The number of halogens is 1. The summed E-state index contributed by atoms with van der Waals surface area (Å²) in [5, 5.41) is 1.15. The van der Waals surface area contributed by atoms with Crippen molar-refractivity contribution in [2.75, 3.05) is 13.7 Å². The summed E-state index contributed by atoms with van der Waals surface area (Å²) in [5.74, 6) is 0. The van der Waals surface area contributed by atoms with E-state index in [2.05, 4.69) is 24.0 Å². The molecule has 2 rings (SSSR count). The maximum absolute atomic E-state index is 6.17. The van der Waals surface area contributed by atoms with Crippen LogP contribution in [-0.2, 0) is 11.2 Å². The molecule has 0 aliphatic heterocycles. The first-order valence-corrected chi connectivity index (χ1v) is 6.12. The van der Waals surface area contributed by atoms with Crippen LogP contribution in [0.4, 0.5) is 0 Å². The van der Waals surface area contributed by atoms with Crippen molar-refractivity contribution in [2.45, 2.75) is 18.7 Å². The molecule has 1 unspecified atom stereocenters. The predicted octanol–water partition coefficient (Wildman–Crippen LogP) is 3.34. The summed E-state index contributed by atoms with van der Waals surface area (Å²) in [6.45, 7) is 2.63. The van der Waals surface area contributed by atoms with E-state index in [4.69, 9.17) is 16.3 Å². The zero-order chi connectivity index (χ0) is 12.3. The highest BCUT2D eigenvalue weighted by Crippen LogP contribution is 2.18. The second kappa shape index (κ2) is 5.48. The summed E-state index contributed by atoms with van der Waals surface area (Å²) in [6.07, 6.45) is 0.742. The van der Waals surface area contributed by atoms with Gasteiger partial charge >= 0.3 is 0 Å². The van der Waals surface area contributed by atoms with E-state index in [-0.39, 0.29) is 5.38 Å². The number of aryl methyl sites for hydroxylation is 1. The minimum absolute atomic E-state index is 0.0210. The molecular weight excluding hydrogens is 234 g/mol. The first kappa shape index (κ1) is 12.3. The van der Waals surface area contributed by atoms with Crippen molar-refractivity contribution in [3.8, 4) is 0 Å². The first-order valence-electron chi connectivity index (χ1n) is 5.69. The Morgan fingerprint density at radius 2 is 2.12 bits per heavy atom. The molecule has 17 heavy (non-hydrogen) atoms. The van der Waals surface area contributed by atoms with Gasteiger partial charge in [-0.15, -0.1) is 11.6 Å². The summed E-state index contributed by atoms with van der Waals surface area (Å²) >= 11 is 6.17. The molecule has 2 nitrogen and oxygen atoms in total. The van der Waals surface area contributed by atoms with Crippen LogP contribution in [0.25, 0.3) is 10.9 Å². The minimum atomic E-state index is -0.0210. The summed E-state index contributed by atoms with van der Waals surface area (Å²) in [4.78, 5) is 4.66. The van der Waals surface area contributed by atoms with Gasteiger partial charge in [0.05, 0.1) is 17.5 Å². The number of hydrogen-bond donors (Lipinski definition) is 0. The molecule has 1 heterocycles. The van der Waals surface area contributed by atoms with Gasteiger partial charge in [0.15, 0.2) is 0 Å². The number of para-hydroxylation sites is 1. The fourth-order valence-electron chi connectivity index (χ4n) is 1.92. The van der Waals surface area contributed by atoms with Crippen LogP contribution in [0, 0.1) is 6.92 Å². The van der Waals surface area contributed by atoms with Crippen LogP contribution in [0.1, 0.15) is 11.3 Å². The number of ether oxygens (including phenoxy) is 1. The molecule has 0 bridgehead atoms. The van der Waals surface area contributed by atoms with Crippen molar-refractivity contribution in [2.24, 2.45) is 0 Å². The first-order chi connectivity index (χ1) is 8.20. The second-order valence-electron chi connectivity index (χ2n) is 4.20. The lowest BCUT2D eigenvalue weighted by Gasteiger charge is -2.11. The van der Waals surface area contributed by atoms with Gasteiger partial charge in [-0.05, 0) is 24.6 Å². The normalized spacial score (nSPS) is 12.9. The second-order valence-corrected chi connectivity index (χ2v) is 4.82. The molecule has 0 aliphatic carbocycles. The van der Waals surface area contributed by atoms with E-state index in [1.165, 1.54) is 10.9 Å². The monoisotopic (exact) mass is 249 g/mol. The number of fused-ring (bicyclic) bond motifs is 1. The quantitative estimate of drug-likeness (QED) is 0.776. The van der Waals surface area contributed by atoms with Crippen LogP contribution in [0.2, 0.25) is 0 Å². The highest BCUT2D eigenvalue weighted by atomic mass is 35.5. The Morgan fingerprint density at radius 1 is 1.35 bits per heavy atom. The van der Waals surface area contributed by atoms with Gasteiger partial charge in [0, 0.05) is 24.6 Å². The molecule has 1 aromatic carbocycles. The highest BCUT2D eigenvalue weighted by Gasteiger charge is 2.10. The van der Waals surface area contributed by atoms with Crippen LogP contribution in [0.3, 0.4) is 0 Å². The highest BCUT2D eigenvalue weighted by molar-refractivity contribution is 6.20. The van der Waals surface area contributed by atoms with Gasteiger partial charge < -0.3 is 4.74 Å². The molecule has 0 amide bonds. The Morgan fingerprint density at radius 3 is 2.88 bits per heavy atom. The minimum Gasteiger partial charge on any atom is -0.383 e. The van der Waals surface area contributed by atoms with Gasteiger partial charge in [0.25, 0.3) is 0 Å². The molecule has 0 saturated carbocycles. The zero-order valence-corrected chi connectivity index (χ0v) is 10.9. The van der Waals surface area contributed by atoms with E-state index >= 15 is 0 Å². The van der Waals surface area contributed by atoms with Gasteiger partial charge in [-0.3, -0.25) is 4.98 Å². The summed E-state index contributed by atoms with van der Waals surface area (Å²) < 4.78 is 5.04. The fraction of sp³-hybridized carbons (Fsp3) is 0.357. The van der Waals surface area contributed by atoms with Crippen molar-refractivity contribution in [3.05, 3.63) is 41.6 Å². The van der Waals surface area contributed by atoms with Crippen LogP contribution < -0.4 is 0 Å². The SMILES string of the molecule is COCC(Cl)Cc1nc2ccccc2cc1C. The smallest absolute Gasteiger partial charge is 0.0705 e. The van der Waals surface area contributed by atoms with E-state index < -0.39 is 0 Å². The molecule has 0 spiro atoms. The predicted molar refractivity (Wildman–Crippen MR) is 71.7 cm³/mol. The number of alkyl halides is 1. The zero-order valence-electron chi connectivity index (χ0n) is 10.1. The maximum atomic E-state index is 6.17. The average Bonchev–Trinajstić information content (AvgIpc) is 2.30. The van der Waals surface area contributed by atoms with Crippen molar-refractivity contribution in [1.29, 1.82) is 0 Å². The lowest BCUT2D eigenvalue weighted by Crippen LogP contribution is -2.12. The van der Waals surface area contributed by atoms with Gasteiger partial charge in [-0.1, -0.05) is 18.2 Å². The van der Waals surface area contributed by atoms with E-state index in [9.17, 15) is 0 Å². The van der Waals surface area contributed by atoms with E-state index in [1.807, 2.05) is 18.2 Å². The molecule has 0 N–H and O–H groups in total. The number of hydrogen-bond acceptors (Lipinski definition) is 2. The third kappa shape index (κ3) is 2.96. The molecule has 0 aliphatic rings. The van der Waals surface area contributed by atoms with Gasteiger partial charge in [0.1, 0.15) is 0 Å². The summed E-state index contributed by atoms with van der Waals surface area (Å²) in [7, 11) is 1.66. The number of rotatable bonds is 4. The lowest BCUT2D eigenvalue weighted by atomic mass is 10.1. The van der Waals surface area contributed by atoms with Gasteiger partial charge in [-0.2, -0.15) is 0 Å². The van der Waals surface area contributed by atoms with Crippen molar-refractivity contribution < 1.29 is 4.74 Å². The Balaban J connectivity index is 2.31. The molecule has 0 saturated heterocycles. The third-order valence-electron chi connectivity index (χ3n) is 2.78. The average molecular weight is 250 g/mol. The molecule has 2 aromatic rings. The van der Waals surface area contributed by atoms with E-state index in [1.54, 1.807) is 7.11 Å². The molecule has 1 aromatic heterocycles. The molecule has 90 valence electrons. The molecule has 1 atom stereocenters. The van der Waals surface area contributed by atoms with Crippen LogP contribution in [0.15, 0.2) is 30.3 Å². The summed E-state index contributed by atoms with van der Waals surface area (Å²) in [5.41, 5.74) is 3.26. The molecule has 3 heteroatoms. The molecule has 0 fully saturated rings. The lowest BCUT2D eigenvalue weighted by molar-refractivity contribution is 0.197. The largest absolute Gasteiger partial charge is 0.383 e. The van der Waals surface area contributed by atoms with Gasteiger partial charge in [-0.25, -0.2) is 0 Å². The Labute approximate surface area is 107 Å². The Bertz CT molecular complexity index is 513. The summed E-state index contributed by atoms with van der Waals surface area (Å²) in [6, 6.07) is 10.3. The molecule has 0 radical (unpaired) electrons. The van der Waals surface area contributed by atoms with E-state index in [0.29, 0.717) is 6.61 Å². The van der Waals surface area contributed by atoms with Crippen molar-refractivity contribution >= 4 is 22.5 Å². The number of benzene rings is 1. The maximum Gasteiger partial charge on any atom is 0.0705 e. The van der Waals surface area contributed by atoms with Crippen molar-refractivity contribution in [1.82, 2.24) is 4.98 Å². The van der Waals surface area contributed by atoms with Gasteiger partial charge in [0.2, 0.25) is 0 Å². The number of aromatic nitrogens is 1.